The fourth-order valence-electron chi connectivity index (χ4n) is 2.07. The van der Waals surface area contributed by atoms with Gasteiger partial charge >= 0.3 is 6.03 Å². The van der Waals surface area contributed by atoms with Crippen LogP contribution in [0.4, 0.5) is 4.79 Å². The molecule has 0 bridgehead atoms. The van der Waals surface area contributed by atoms with Gasteiger partial charge in [-0.15, -0.1) is 0 Å². The Morgan fingerprint density at radius 2 is 2.14 bits per heavy atom. The number of aliphatic hydroxyl groups is 1. The highest BCUT2D eigenvalue weighted by Crippen LogP contribution is 2.19. The molecule has 2 amide bonds. The highest BCUT2D eigenvalue weighted by molar-refractivity contribution is 5.74. The van der Waals surface area contributed by atoms with Crippen LogP contribution in [0.3, 0.4) is 0 Å². The zero-order chi connectivity index (χ0) is 16.1. The van der Waals surface area contributed by atoms with Crippen LogP contribution in [0.1, 0.15) is 39.9 Å². The summed E-state index contributed by atoms with van der Waals surface area (Å²) in [5.41, 5.74) is -1.54. The molecule has 3 N–H and O–H groups in total. The standard InChI is InChI=1S/C15H26N2O4/c1-11(9-14(2,3)20-5)17-13(18)16-10-15(4,19)12-7-6-8-21-12/h6-8,11,19H,9-10H2,1-5H3,(H2,16,17,18). The molecular formula is C15H26N2O4. The van der Waals surface area contributed by atoms with Crippen molar-refractivity contribution in [1.29, 1.82) is 0 Å². The van der Waals surface area contributed by atoms with Crippen molar-refractivity contribution in [3.8, 4) is 0 Å². The van der Waals surface area contributed by atoms with Crippen molar-refractivity contribution in [2.45, 2.75) is 51.4 Å². The number of amides is 2. The maximum Gasteiger partial charge on any atom is 0.315 e. The molecule has 0 saturated carbocycles. The van der Waals surface area contributed by atoms with Crippen LogP contribution in [0.15, 0.2) is 22.8 Å². The molecule has 120 valence electrons. The second-order valence-electron chi connectivity index (χ2n) is 6.15. The summed E-state index contributed by atoms with van der Waals surface area (Å²) in [4.78, 5) is 11.8. The third-order valence-corrected chi connectivity index (χ3v) is 3.37. The number of nitrogens with one attached hydrogen (secondary N) is 2. The molecule has 0 aliphatic rings. The summed E-state index contributed by atoms with van der Waals surface area (Å²) in [5, 5.41) is 15.7. The minimum Gasteiger partial charge on any atom is -0.466 e. The highest BCUT2D eigenvalue weighted by Gasteiger charge is 2.27. The zero-order valence-corrected chi connectivity index (χ0v) is 13.4. The molecule has 0 radical (unpaired) electrons. The minimum absolute atomic E-state index is 0.0477. The van der Waals surface area contributed by atoms with E-state index in [0.717, 1.165) is 0 Å². The van der Waals surface area contributed by atoms with Gasteiger partial charge in [-0.25, -0.2) is 4.79 Å². The Hall–Kier alpha value is -1.53. The van der Waals surface area contributed by atoms with Crippen molar-refractivity contribution in [1.82, 2.24) is 10.6 Å². The van der Waals surface area contributed by atoms with Gasteiger partial charge in [-0.2, -0.15) is 0 Å². The van der Waals surface area contributed by atoms with Gasteiger partial charge in [-0.1, -0.05) is 0 Å². The van der Waals surface area contributed by atoms with Gasteiger partial charge in [-0.05, 0) is 46.2 Å². The van der Waals surface area contributed by atoms with E-state index in [1.165, 1.54) is 6.26 Å². The highest BCUT2D eigenvalue weighted by atomic mass is 16.5. The number of hydrogen-bond acceptors (Lipinski definition) is 4. The fourth-order valence-corrected chi connectivity index (χ4v) is 2.07. The molecule has 1 aromatic heterocycles. The van der Waals surface area contributed by atoms with Crippen LogP contribution in [0.5, 0.6) is 0 Å². The number of carbonyl (C=O) groups excluding carboxylic acids is 1. The third kappa shape index (κ3) is 5.77. The quantitative estimate of drug-likeness (QED) is 0.719. The van der Waals surface area contributed by atoms with Gasteiger partial charge in [0.2, 0.25) is 0 Å². The maximum absolute atomic E-state index is 11.8. The Bertz CT molecular complexity index is 441. The van der Waals surface area contributed by atoms with Gasteiger partial charge in [0.1, 0.15) is 11.4 Å². The molecule has 1 heterocycles. The van der Waals surface area contributed by atoms with Crippen molar-refractivity contribution in [3.05, 3.63) is 24.2 Å². The lowest BCUT2D eigenvalue weighted by atomic mass is 10.00. The van der Waals surface area contributed by atoms with Crippen LogP contribution >= 0.6 is 0 Å². The summed E-state index contributed by atoms with van der Waals surface area (Å²) in [6.07, 6.45) is 2.17. The van der Waals surface area contributed by atoms with E-state index in [2.05, 4.69) is 10.6 Å². The van der Waals surface area contributed by atoms with E-state index in [4.69, 9.17) is 9.15 Å². The summed E-state index contributed by atoms with van der Waals surface area (Å²) >= 11 is 0. The molecule has 1 aromatic rings. The second kappa shape index (κ2) is 6.95. The molecule has 6 heteroatoms. The van der Waals surface area contributed by atoms with Crippen LogP contribution in [0.2, 0.25) is 0 Å². The molecule has 0 aliphatic carbocycles. The zero-order valence-electron chi connectivity index (χ0n) is 13.4. The fraction of sp³-hybridized carbons (Fsp3) is 0.667. The Morgan fingerprint density at radius 1 is 1.48 bits per heavy atom. The van der Waals surface area contributed by atoms with Crippen molar-refractivity contribution in [3.63, 3.8) is 0 Å². The third-order valence-electron chi connectivity index (χ3n) is 3.37. The smallest absolute Gasteiger partial charge is 0.315 e. The second-order valence-corrected chi connectivity index (χ2v) is 6.15. The molecule has 0 aromatic carbocycles. The predicted octanol–water partition coefficient (Wildman–Crippen LogP) is 1.99. The average Bonchev–Trinajstić information content (AvgIpc) is 2.90. The van der Waals surface area contributed by atoms with Gasteiger partial charge in [0.05, 0.1) is 18.4 Å². The van der Waals surface area contributed by atoms with Crippen LogP contribution in [-0.2, 0) is 10.3 Å². The Kier molecular flexibility index (Phi) is 5.80. The lowest BCUT2D eigenvalue weighted by molar-refractivity contribution is 0.00918. The number of ether oxygens (including phenoxy) is 1. The molecule has 2 atom stereocenters. The lowest BCUT2D eigenvalue weighted by Crippen LogP contribution is -2.47. The molecule has 6 nitrogen and oxygen atoms in total. The summed E-state index contributed by atoms with van der Waals surface area (Å²) in [5.74, 6) is 0.413. The number of carbonyl (C=O) groups is 1. The summed E-state index contributed by atoms with van der Waals surface area (Å²) in [6.45, 7) is 7.48. The van der Waals surface area contributed by atoms with Gasteiger partial charge in [-0.3, -0.25) is 0 Å². The van der Waals surface area contributed by atoms with Crippen molar-refractivity contribution in [2.75, 3.05) is 13.7 Å². The number of rotatable bonds is 7. The Labute approximate surface area is 125 Å². The first-order valence-corrected chi connectivity index (χ1v) is 7.02. The molecule has 0 spiro atoms. The van der Waals surface area contributed by atoms with Crippen molar-refractivity contribution < 1.29 is 19.1 Å². The molecule has 0 aliphatic heterocycles. The molecule has 21 heavy (non-hydrogen) atoms. The average molecular weight is 298 g/mol. The Balaban J connectivity index is 2.41. The number of furan rings is 1. The predicted molar refractivity (Wildman–Crippen MR) is 80.0 cm³/mol. The first kappa shape index (κ1) is 17.5. The van der Waals surface area contributed by atoms with Crippen LogP contribution in [-0.4, -0.2) is 36.4 Å². The van der Waals surface area contributed by atoms with Crippen LogP contribution in [0.25, 0.3) is 0 Å². The topological polar surface area (TPSA) is 83.7 Å². The van der Waals surface area contributed by atoms with E-state index < -0.39 is 5.60 Å². The van der Waals surface area contributed by atoms with Crippen molar-refractivity contribution in [2.24, 2.45) is 0 Å². The minimum atomic E-state index is -1.24. The van der Waals surface area contributed by atoms with Gasteiger partial charge < -0.3 is 24.9 Å². The first-order valence-electron chi connectivity index (χ1n) is 7.02. The van der Waals surface area contributed by atoms with Gasteiger partial charge in [0, 0.05) is 13.2 Å². The summed E-state index contributed by atoms with van der Waals surface area (Å²) < 4.78 is 10.5. The van der Waals surface area contributed by atoms with E-state index in [-0.39, 0.29) is 24.2 Å². The maximum atomic E-state index is 11.8. The van der Waals surface area contributed by atoms with E-state index in [9.17, 15) is 9.90 Å². The van der Waals surface area contributed by atoms with E-state index >= 15 is 0 Å². The van der Waals surface area contributed by atoms with Gasteiger partial charge in [0.25, 0.3) is 0 Å². The van der Waals surface area contributed by atoms with Gasteiger partial charge in [0.15, 0.2) is 0 Å². The summed E-state index contributed by atoms with van der Waals surface area (Å²) in [7, 11) is 1.65. The molecule has 0 fully saturated rings. The van der Waals surface area contributed by atoms with Crippen LogP contribution < -0.4 is 10.6 Å². The normalized spacial score (nSPS) is 16.1. The molecule has 0 saturated heterocycles. The monoisotopic (exact) mass is 298 g/mol. The summed E-state index contributed by atoms with van der Waals surface area (Å²) in [6, 6.07) is 2.98. The van der Waals surface area contributed by atoms with Crippen molar-refractivity contribution >= 4 is 6.03 Å². The SMILES string of the molecule is COC(C)(C)CC(C)NC(=O)NCC(C)(O)c1ccco1. The lowest BCUT2D eigenvalue weighted by Gasteiger charge is -2.27. The molecule has 1 rings (SSSR count). The molecule has 2 unspecified atom stereocenters. The van der Waals surface area contributed by atoms with E-state index in [1.807, 2.05) is 20.8 Å². The van der Waals surface area contributed by atoms with Crippen LogP contribution in [0, 0.1) is 0 Å². The number of urea groups is 1. The number of hydrogen-bond donors (Lipinski definition) is 3. The van der Waals surface area contributed by atoms with E-state index in [0.29, 0.717) is 12.2 Å². The van der Waals surface area contributed by atoms with E-state index in [1.54, 1.807) is 26.2 Å². The first-order chi connectivity index (χ1) is 9.66. The Morgan fingerprint density at radius 3 is 2.67 bits per heavy atom. The largest absolute Gasteiger partial charge is 0.466 e. The number of methoxy groups -OCH3 is 1. The molecular weight excluding hydrogens is 272 g/mol.